The van der Waals surface area contributed by atoms with Crippen molar-refractivity contribution in [1.82, 2.24) is 5.43 Å². The zero-order valence-electron chi connectivity index (χ0n) is 10.4. The molecule has 17 heavy (non-hydrogen) atoms. The molecule has 0 aliphatic heterocycles. The number of nitrogens with one attached hydrogen (secondary N) is 1. The van der Waals surface area contributed by atoms with Gasteiger partial charge < -0.3 is 4.42 Å². The molecule has 1 unspecified atom stereocenters. The zero-order valence-corrected chi connectivity index (χ0v) is 10.4. The minimum atomic E-state index is -0.0203. The maximum absolute atomic E-state index is 5.66. The molecule has 90 valence electrons. The van der Waals surface area contributed by atoms with Gasteiger partial charge in [0.2, 0.25) is 0 Å². The average molecular weight is 230 g/mol. The monoisotopic (exact) mass is 230 g/mol. The molecule has 0 saturated heterocycles. The van der Waals surface area contributed by atoms with Crippen molar-refractivity contribution in [2.45, 2.75) is 26.8 Å². The highest BCUT2D eigenvalue weighted by Gasteiger charge is 2.16. The summed E-state index contributed by atoms with van der Waals surface area (Å²) in [6.45, 7) is 6.11. The Bertz CT molecular complexity index is 517. The lowest BCUT2D eigenvalue weighted by molar-refractivity contribution is 0.525. The van der Waals surface area contributed by atoms with Gasteiger partial charge in [0, 0.05) is 5.56 Å². The van der Waals surface area contributed by atoms with Crippen molar-refractivity contribution in [2.24, 2.45) is 5.84 Å². The molecule has 3 heteroatoms. The quantitative estimate of drug-likeness (QED) is 0.629. The van der Waals surface area contributed by atoms with Crippen LogP contribution in [-0.4, -0.2) is 0 Å². The molecule has 1 aromatic heterocycles. The molecule has 3 N–H and O–H groups in total. The normalized spacial score (nSPS) is 12.7. The van der Waals surface area contributed by atoms with E-state index in [9.17, 15) is 0 Å². The van der Waals surface area contributed by atoms with E-state index < -0.39 is 0 Å². The van der Waals surface area contributed by atoms with E-state index in [2.05, 4.69) is 37.5 Å². The summed E-state index contributed by atoms with van der Waals surface area (Å²) < 4.78 is 5.34. The third-order valence-corrected chi connectivity index (χ3v) is 2.99. The van der Waals surface area contributed by atoms with Gasteiger partial charge in [0.15, 0.2) is 0 Å². The van der Waals surface area contributed by atoms with Gasteiger partial charge in [-0.05, 0) is 38.0 Å². The smallest absolute Gasteiger partial charge is 0.101 e. The van der Waals surface area contributed by atoms with E-state index in [4.69, 9.17) is 10.3 Å². The summed E-state index contributed by atoms with van der Waals surface area (Å²) in [5.41, 5.74) is 7.56. The first-order valence-corrected chi connectivity index (χ1v) is 5.70. The predicted molar refractivity (Wildman–Crippen MR) is 68.5 cm³/mol. The first-order chi connectivity index (χ1) is 8.11. The van der Waals surface area contributed by atoms with Crippen molar-refractivity contribution in [3.05, 3.63) is 58.5 Å². The molecule has 2 rings (SSSR count). The molecule has 3 nitrogen and oxygen atoms in total. The summed E-state index contributed by atoms with van der Waals surface area (Å²) in [7, 11) is 0. The van der Waals surface area contributed by atoms with Crippen LogP contribution in [0.4, 0.5) is 0 Å². The molecule has 1 atom stereocenters. The van der Waals surface area contributed by atoms with Gasteiger partial charge in [0.25, 0.3) is 0 Å². The molecular weight excluding hydrogens is 212 g/mol. The summed E-state index contributed by atoms with van der Waals surface area (Å²) in [6.07, 6.45) is 1.75. The van der Waals surface area contributed by atoms with Gasteiger partial charge in [0.05, 0.1) is 12.3 Å². The number of benzene rings is 1. The third kappa shape index (κ3) is 2.40. The number of furan rings is 1. The zero-order chi connectivity index (χ0) is 12.4. The molecule has 0 amide bonds. The number of hydrazine groups is 1. The molecule has 2 aromatic rings. The fraction of sp³-hybridized carbons (Fsp3) is 0.286. The van der Waals surface area contributed by atoms with Gasteiger partial charge in [-0.3, -0.25) is 5.84 Å². The number of rotatable bonds is 3. The van der Waals surface area contributed by atoms with Crippen LogP contribution >= 0.6 is 0 Å². The van der Waals surface area contributed by atoms with E-state index in [0.29, 0.717) is 0 Å². The van der Waals surface area contributed by atoms with Gasteiger partial charge in [-0.25, -0.2) is 5.43 Å². The summed E-state index contributed by atoms with van der Waals surface area (Å²) in [4.78, 5) is 0. The fourth-order valence-electron chi connectivity index (χ4n) is 2.13. The van der Waals surface area contributed by atoms with E-state index in [-0.39, 0.29) is 6.04 Å². The van der Waals surface area contributed by atoms with Crippen LogP contribution in [-0.2, 0) is 0 Å². The van der Waals surface area contributed by atoms with Crippen LogP contribution in [0.15, 0.2) is 34.9 Å². The van der Waals surface area contributed by atoms with Crippen LogP contribution in [0.2, 0.25) is 0 Å². The van der Waals surface area contributed by atoms with Crippen LogP contribution in [0.5, 0.6) is 0 Å². The Morgan fingerprint density at radius 2 is 1.94 bits per heavy atom. The molecule has 0 bridgehead atoms. The predicted octanol–water partition coefficient (Wildman–Crippen LogP) is 2.76. The molecule has 0 spiro atoms. The van der Waals surface area contributed by atoms with Crippen LogP contribution in [0, 0.1) is 20.8 Å². The van der Waals surface area contributed by atoms with Crippen molar-refractivity contribution in [1.29, 1.82) is 0 Å². The number of aryl methyl sites for hydroxylation is 3. The highest BCUT2D eigenvalue weighted by atomic mass is 16.3. The minimum absolute atomic E-state index is 0.0203. The standard InChI is InChI=1S/C14H18N2O/c1-9-4-5-13(10(2)6-9)14(16-15)12-7-11(3)17-8-12/h4-8,14,16H,15H2,1-3H3. The summed E-state index contributed by atoms with van der Waals surface area (Å²) in [5, 5.41) is 0. The number of nitrogens with two attached hydrogens (primary N) is 1. The van der Waals surface area contributed by atoms with Crippen LogP contribution < -0.4 is 11.3 Å². The Hall–Kier alpha value is -1.58. The molecule has 0 aliphatic rings. The third-order valence-electron chi connectivity index (χ3n) is 2.99. The highest BCUT2D eigenvalue weighted by Crippen LogP contribution is 2.26. The number of hydrogen-bond donors (Lipinski definition) is 2. The Morgan fingerprint density at radius 3 is 2.47 bits per heavy atom. The molecule has 0 radical (unpaired) electrons. The van der Waals surface area contributed by atoms with Crippen molar-refractivity contribution in [2.75, 3.05) is 0 Å². The lowest BCUT2D eigenvalue weighted by Gasteiger charge is -2.17. The second-order valence-electron chi connectivity index (χ2n) is 4.45. The van der Waals surface area contributed by atoms with Gasteiger partial charge >= 0.3 is 0 Å². The van der Waals surface area contributed by atoms with E-state index in [1.807, 2.05) is 13.0 Å². The summed E-state index contributed by atoms with van der Waals surface area (Å²) >= 11 is 0. The lowest BCUT2D eigenvalue weighted by atomic mass is 9.96. The first kappa shape index (κ1) is 11.9. The van der Waals surface area contributed by atoms with Crippen LogP contribution in [0.3, 0.4) is 0 Å². The highest BCUT2D eigenvalue weighted by molar-refractivity contribution is 5.38. The average Bonchev–Trinajstić information content (AvgIpc) is 2.69. The van der Waals surface area contributed by atoms with Crippen LogP contribution in [0.1, 0.15) is 34.1 Å². The largest absolute Gasteiger partial charge is 0.469 e. The summed E-state index contributed by atoms with van der Waals surface area (Å²) in [5.74, 6) is 6.55. The fourth-order valence-corrected chi connectivity index (χ4v) is 2.13. The van der Waals surface area contributed by atoms with Gasteiger partial charge in [-0.15, -0.1) is 0 Å². The Kier molecular flexibility index (Phi) is 3.31. The first-order valence-electron chi connectivity index (χ1n) is 5.70. The van der Waals surface area contributed by atoms with Gasteiger partial charge in [0.1, 0.15) is 5.76 Å². The molecule has 1 aromatic carbocycles. The summed E-state index contributed by atoms with van der Waals surface area (Å²) in [6, 6.07) is 8.35. The van der Waals surface area contributed by atoms with E-state index in [0.717, 1.165) is 11.3 Å². The maximum atomic E-state index is 5.66. The Morgan fingerprint density at radius 1 is 1.18 bits per heavy atom. The van der Waals surface area contributed by atoms with Gasteiger partial charge in [-0.1, -0.05) is 23.8 Å². The Balaban J connectivity index is 2.42. The van der Waals surface area contributed by atoms with Gasteiger partial charge in [-0.2, -0.15) is 0 Å². The van der Waals surface area contributed by atoms with E-state index >= 15 is 0 Å². The maximum Gasteiger partial charge on any atom is 0.101 e. The van der Waals surface area contributed by atoms with Crippen molar-refractivity contribution >= 4 is 0 Å². The van der Waals surface area contributed by atoms with Crippen molar-refractivity contribution in [3.8, 4) is 0 Å². The second kappa shape index (κ2) is 4.73. The van der Waals surface area contributed by atoms with Crippen molar-refractivity contribution in [3.63, 3.8) is 0 Å². The molecule has 0 fully saturated rings. The topological polar surface area (TPSA) is 51.2 Å². The van der Waals surface area contributed by atoms with E-state index in [1.165, 1.54) is 16.7 Å². The number of hydrogen-bond acceptors (Lipinski definition) is 3. The Labute approximate surface area is 102 Å². The molecular formula is C14H18N2O. The van der Waals surface area contributed by atoms with Crippen molar-refractivity contribution < 1.29 is 4.42 Å². The SMILES string of the molecule is Cc1ccc(C(NN)c2coc(C)c2)c(C)c1. The second-order valence-corrected chi connectivity index (χ2v) is 4.45. The molecule has 1 heterocycles. The lowest BCUT2D eigenvalue weighted by Crippen LogP contribution is -2.29. The minimum Gasteiger partial charge on any atom is -0.469 e. The van der Waals surface area contributed by atoms with Crippen LogP contribution in [0.25, 0.3) is 0 Å². The molecule has 0 saturated carbocycles. The molecule has 0 aliphatic carbocycles. The van der Waals surface area contributed by atoms with E-state index in [1.54, 1.807) is 6.26 Å².